The number of nitrogens with zero attached hydrogens (tertiary/aromatic N) is 1. The second-order valence-corrected chi connectivity index (χ2v) is 8.86. The Balaban J connectivity index is 1.66. The Labute approximate surface area is 189 Å². The van der Waals surface area contributed by atoms with E-state index in [9.17, 15) is 9.90 Å². The van der Waals surface area contributed by atoms with E-state index in [2.05, 4.69) is 31.2 Å². The lowest BCUT2D eigenvalue weighted by atomic mass is 9.59. The summed E-state index contributed by atoms with van der Waals surface area (Å²) < 4.78 is 6.43. The molecule has 4 nitrogen and oxygen atoms in total. The van der Waals surface area contributed by atoms with Crippen molar-refractivity contribution in [2.24, 2.45) is 5.41 Å². The van der Waals surface area contributed by atoms with E-state index in [0.29, 0.717) is 6.42 Å². The fourth-order valence-electron chi connectivity index (χ4n) is 5.66. The van der Waals surface area contributed by atoms with Crippen molar-refractivity contribution in [2.45, 2.75) is 50.7 Å². The molecule has 0 saturated carbocycles. The minimum atomic E-state index is -1.05. The summed E-state index contributed by atoms with van der Waals surface area (Å²) in [5.41, 5.74) is 1.99. The average molecular weight is 428 g/mol. The zero-order valence-corrected chi connectivity index (χ0v) is 18.5. The molecule has 4 heteroatoms. The lowest BCUT2D eigenvalue weighted by Crippen LogP contribution is -2.69. The van der Waals surface area contributed by atoms with Crippen molar-refractivity contribution in [2.75, 3.05) is 0 Å². The number of carbonyl (C=O) groups excluding carboxylic acids is 1. The topological polar surface area (TPSA) is 49.8 Å². The summed E-state index contributed by atoms with van der Waals surface area (Å²) in [6.45, 7) is 4.06. The Morgan fingerprint density at radius 1 is 0.906 bits per heavy atom. The van der Waals surface area contributed by atoms with Crippen LogP contribution >= 0.6 is 0 Å². The van der Waals surface area contributed by atoms with Gasteiger partial charge in [0.15, 0.2) is 0 Å². The fraction of sp³-hybridized carbons (Fsp3) is 0.321. The number of β-lactam (4-membered cyclic amide) rings is 1. The first-order valence-corrected chi connectivity index (χ1v) is 11.4. The maximum Gasteiger partial charge on any atom is 0.238 e. The third-order valence-corrected chi connectivity index (χ3v) is 7.24. The van der Waals surface area contributed by atoms with Gasteiger partial charge in [0, 0.05) is 0 Å². The molecule has 5 rings (SSSR count). The summed E-state index contributed by atoms with van der Waals surface area (Å²) in [6, 6.07) is 29.6. The molecule has 2 heterocycles. The minimum absolute atomic E-state index is 0.0417. The molecular weight excluding hydrogens is 398 g/mol. The van der Waals surface area contributed by atoms with Crippen molar-refractivity contribution in [3.8, 4) is 0 Å². The number of amides is 1. The summed E-state index contributed by atoms with van der Waals surface area (Å²) in [5, 5.41) is 11.6. The molecule has 1 amide bonds. The van der Waals surface area contributed by atoms with E-state index in [1.807, 2.05) is 78.6 Å². The first-order valence-electron chi connectivity index (χ1n) is 11.4. The van der Waals surface area contributed by atoms with Crippen LogP contribution in [0.2, 0.25) is 0 Å². The Kier molecular flexibility index (Phi) is 5.36. The zero-order chi connectivity index (χ0) is 22.3. The van der Waals surface area contributed by atoms with Crippen LogP contribution in [0.15, 0.2) is 91.0 Å². The van der Waals surface area contributed by atoms with Gasteiger partial charge in [-0.3, -0.25) is 4.79 Å². The van der Waals surface area contributed by atoms with Gasteiger partial charge < -0.3 is 14.7 Å². The van der Waals surface area contributed by atoms with Crippen LogP contribution in [-0.4, -0.2) is 28.1 Å². The molecule has 2 saturated heterocycles. The summed E-state index contributed by atoms with van der Waals surface area (Å²) in [7, 11) is 0. The van der Waals surface area contributed by atoms with Crippen LogP contribution in [0.4, 0.5) is 0 Å². The maximum atomic E-state index is 14.1. The van der Waals surface area contributed by atoms with Crippen LogP contribution in [-0.2, 0) is 9.53 Å². The quantitative estimate of drug-likeness (QED) is 0.568. The van der Waals surface area contributed by atoms with Crippen LogP contribution in [0, 0.1) is 5.41 Å². The predicted molar refractivity (Wildman–Crippen MR) is 124 cm³/mol. The van der Waals surface area contributed by atoms with Gasteiger partial charge in [0.25, 0.3) is 0 Å². The summed E-state index contributed by atoms with van der Waals surface area (Å²) in [6.07, 6.45) is -1.12. The summed E-state index contributed by atoms with van der Waals surface area (Å²) >= 11 is 0. The average Bonchev–Trinajstić information content (AvgIpc) is 3.17. The lowest BCUT2D eigenvalue weighted by molar-refractivity contribution is -0.199. The van der Waals surface area contributed by atoms with Crippen molar-refractivity contribution < 1.29 is 14.6 Å². The van der Waals surface area contributed by atoms with Gasteiger partial charge in [-0.2, -0.15) is 0 Å². The highest BCUT2D eigenvalue weighted by Crippen LogP contribution is 2.66. The molecule has 1 unspecified atom stereocenters. The predicted octanol–water partition coefficient (Wildman–Crippen LogP) is 5.23. The van der Waals surface area contributed by atoms with Gasteiger partial charge in [0.05, 0.1) is 24.3 Å². The number of benzene rings is 3. The Morgan fingerprint density at radius 2 is 1.44 bits per heavy atom. The molecule has 0 bridgehead atoms. The van der Waals surface area contributed by atoms with Gasteiger partial charge in [-0.1, -0.05) is 97.9 Å². The van der Waals surface area contributed by atoms with Crippen LogP contribution < -0.4 is 0 Å². The van der Waals surface area contributed by atoms with E-state index in [1.54, 1.807) is 0 Å². The molecule has 0 radical (unpaired) electrons. The number of likely N-dealkylation sites (tertiary alicyclic amines) is 1. The highest BCUT2D eigenvalue weighted by Gasteiger charge is 2.74. The molecule has 2 aliphatic heterocycles. The normalized spacial score (nSPS) is 30.3. The van der Waals surface area contributed by atoms with Gasteiger partial charge in [-0.25, -0.2) is 0 Å². The molecule has 0 aliphatic carbocycles. The smallest absolute Gasteiger partial charge is 0.238 e. The van der Waals surface area contributed by atoms with Crippen LogP contribution in [0.25, 0.3) is 0 Å². The van der Waals surface area contributed by atoms with Crippen molar-refractivity contribution >= 4 is 5.91 Å². The lowest BCUT2D eigenvalue weighted by Gasteiger charge is -2.59. The van der Waals surface area contributed by atoms with Crippen molar-refractivity contribution in [1.82, 2.24) is 4.90 Å². The second-order valence-electron chi connectivity index (χ2n) is 8.86. The molecule has 6 atom stereocenters. The first kappa shape index (κ1) is 20.9. The number of rotatable bonds is 5. The van der Waals surface area contributed by atoms with E-state index < -0.39 is 17.6 Å². The second kappa shape index (κ2) is 8.19. The van der Waals surface area contributed by atoms with Crippen molar-refractivity contribution in [3.63, 3.8) is 0 Å². The number of aliphatic hydroxyl groups is 1. The number of hydrogen-bond acceptors (Lipinski definition) is 3. The number of carbonyl (C=O) groups is 1. The summed E-state index contributed by atoms with van der Waals surface area (Å²) in [4.78, 5) is 16.1. The minimum Gasteiger partial charge on any atom is -0.389 e. The van der Waals surface area contributed by atoms with E-state index in [1.165, 1.54) is 0 Å². The van der Waals surface area contributed by atoms with Crippen molar-refractivity contribution in [1.29, 1.82) is 0 Å². The molecule has 3 aromatic carbocycles. The van der Waals surface area contributed by atoms with Crippen LogP contribution in [0.5, 0.6) is 0 Å². The van der Waals surface area contributed by atoms with Gasteiger partial charge in [0.1, 0.15) is 11.5 Å². The number of aliphatic hydroxyl groups excluding tert-OH is 1. The van der Waals surface area contributed by atoms with Crippen LogP contribution in [0.3, 0.4) is 0 Å². The molecular formula is C28H29NO3. The van der Waals surface area contributed by atoms with Gasteiger partial charge in [0.2, 0.25) is 5.91 Å². The molecule has 164 valence electrons. The van der Waals surface area contributed by atoms with E-state index in [4.69, 9.17) is 4.74 Å². The van der Waals surface area contributed by atoms with Gasteiger partial charge in [-0.05, 0) is 30.0 Å². The third-order valence-electron chi connectivity index (χ3n) is 7.24. The number of ether oxygens (including phenoxy) is 1. The highest BCUT2D eigenvalue weighted by molar-refractivity contribution is 5.93. The molecule has 1 spiro atoms. The largest absolute Gasteiger partial charge is 0.389 e. The van der Waals surface area contributed by atoms with Crippen LogP contribution in [0.1, 0.15) is 55.1 Å². The van der Waals surface area contributed by atoms with E-state index in [0.717, 1.165) is 16.7 Å². The van der Waals surface area contributed by atoms with E-state index in [-0.39, 0.29) is 24.1 Å². The molecule has 2 aliphatic rings. The monoisotopic (exact) mass is 427 g/mol. The molecule has 1 N–H and O–H groups in total. The Bertz CT molecular complexity index is 1070. The van der Waals surface area contributed by atoms with Gasteiger partial charge >= 0.3 is 0 Å². The first-order chi connectivity index (χ1) is 15.6. The molecule has 32 heavy (non-hydrogen) atoms. The Hall–Kier alpha value is -2.95. The summed E-state index contributed by atoms with van der Waals surface area (Å²) in [5.74, 6) is -0.0417. The fourth-order valence-corrected chi connectivity index (χ4v) is 5.66. The van der Waals surface area contributed by atoms with Crippen molar-refractivity contribution in [3.05, 3.63) is 108 Å². The molecule has 0 aromatic heterocycles. The SMILES string of the molecule is CC[C@H]1O[C@H](c2ccccc2)C2(C(=O)N([C@@H](C)c3ccccc3)[C@H]2c2ccccc2)[C@@H]1O. The third kappa shape index (κ3) is 2.94. The maximum absolute atomic E-state index is 14.1. The van der Waals surface area contributed by atoms with E-state index >= 15 is 0 Å². The Morgan fingerprint density at radius 3 is 2.00 bits per heavy atom. The molecule has 2 fully saturated rings. The highest BCUT2D eigenvalue weighted by atomic mass is 16.5. The molecule has 3 aromatic rings. The van der Waals surface area contributed by atoms with Gasteiger partial charge in [-0.15, -0.1) is 0 Å². The standard InChI is InChI=1S/C28H29NO3/c1-3-23-25(30)28(26(32-23)22-17-11-6-12-18-22)24(21-15-9-5-10-16-21)29(27(28)31)19(2)20-13-7-4-8-14-20/h4-19,23-26,30H,3H2,1-2H3/t19-,23+,24-,25+,26+,28?/m0/s1. The number of hydrogen-bond donors (Lipinski definition) is 1. The zero-order valence-electron chi connectivity index (χ0n) is 18.5.